The van der Waals surface area contributed by atoms with Crippen LogP contribution in [0.25, 0.3) is 0 Å². The number of ether oxygens (including phenoxy) is 4. The van der Waals surface area contributed by atoms with Crippen molar-refractivity contribution in [2.24, 2.45) is 5.92 Å². The van der Waals surface area contributed by atoms with Gasteiger partial charge in [-0.1, -0.05) is 105 Å². The molecule has 5 amide bonds. The van der Waals surface area contributed by atoms with Gasteiger partial charge in [-0.15, -0.1) is 0 Å². The Morgan fingerprint density at radius 1 is 0.619 bits per heavy atom. The van der Waals surface area contributed by atoms with Gasteiger partial charge in [-0.05, 0) is 75.5 Å². The Bertz CT molecular complexity index is 1960. The van der Waals surface area contributed by atoms with E-state index in [1.54, 1.807) is 20.8 Å². The minimum absolute atomic E-state index is 0.0442. The summed E-state index contributed by atoms with van der Waals surface area (Å²) in [5.41, 5.74) is 1.72. The van der Waals surface area contributed by atoms with E-state index in [9.17, 15) is 28.8 Å². The molecule has 5 rings (SSSR count). The third-order valence-corrected chi connectivity index (χ3v) is 10.6. The van der Waals surface area contributed by atoms with E-state index in [4.69, 9.17) is 18.9 Å². The summed E-state index contributed by atoms with van der Waals surface area (Å²) < 4.78 is 22.9. The molecule has 340 valence electrons. The van der Waals surface area contributed by atoms with Crippen molar-refractivity contribution in [3.05, 3.63) is 108 Å². The molecule has 2 aliphatic heterocycles. The molecule has 0 aromatic heterocycles. The van der Waals surface area contributed by atoms with Gasteiger partial charge < -0.3 is 44.7 Å². The molecule has 0 unspecified atom stereocenters. The number of hydrogen-bond donors (Lipinski definition) is 3. The predicted molar refractivity (Wildman–Crippen MR) is 234 cm³/mol. The fourth-order valence-electron chi connectivity index (χ4n) is 7.58. The minimum atomic E-state index is -1.21. The second kappa shape index (κ2) is 23.6. The van der Waals surface area contributed by atoms with Crippen LogP contribution in [0.4, 0.5) is 4.79 Å². The summed E-state index contributed by atoms with van der Waals surface area (Å²) in [5, 5.41) is 8.31. The number of rotatable bonds is 20. The zero-order chi connectivity index (χ0) is 45.4. The molecule has 2 aliphatic rings. The third-order valence-electron chi connectivity index (χ3n) is 10.6. The van der Waals surface area contributed by atoms with Crippen LogP contribution in [-0.2, 0) is 62.7 Å². The molecular formula is C48H63N5O10. The number of benzene rings is 3. The van der Waals surface area contributed by atoms with E-state index in [-0.39, 0.29) is 51.9 Å². The molecule has 15 heteroatoms. The number of nitrogens with zero attached hydrogens (tertiary/aromatic N) is 2. The molecule has 0 aliphatic carbocycles. The minimum Gasteiger partial charge on any atom is -0.459 e. The first kappa shape index (κ1) is 48.2. The number of alkyl carbamates (subject to hydrolysis) is 1. The van der Waals surface area contributed by atoms with Crippen LogP contribution in [0, 0.1) is 5.92 Å². The highest BCUT2D eigenvalue weighted by molar-refractivity contribution is 5.96. The standard InChI is InChI=1S/C48H63N5O10/c1-33(2)27-37(49-42(54)38(51-47(59)63-48(3,4)5)31-60-28-34-17-9-6-10-18-34)44(56)52-25-15-23-40(52)43(55)50-39(32-61-29-35-19-11-7-12-20-35)45(57)53-26-16-24-41(53)46(58)62-30-36-21-13-8-14-22-36/h6-14,17-22,33,37-41H,15-16,23-32H2,1-5H3,(H,49,54)(H,50,55)(H,51,59)/t37-,38-,39-,40-,41-/m0/s1. The maximum Gasteiger partial charge on any atom is 0.408 e. The molecule has 0 bridgehead atoms. The molecule has 5 atom stereocenters. The molecular weight excluding hydrogens is 807 g/mol. The quantitative estimate of drug-likeness (QED) is 0.130. The van der Waals surface area contributed by atoms with Crippen LogP contribution in [0.1, 0.15) is 83.4 Å². The summed E-state index contributed by atoms with van der Waals surface area (Å²) in [5.74, 6) is -2.75. The molecule has 3 aromatic rings. The van der Waals surface area contributed by atoms with Gasteiger partial charge in [-0.2, -0.15) is 0 Å². The van der Waals surface area contributed by atoms with Crippen molar-refractivity contribution < 1.29 is 47.7 Å². The Morgan fingerprint density at radius 2 is 1.10 bits per heavy atom. The van der Waals surface area contributed by atoms with E-state index in [0.717, 1.165) is 16.7 Å². The number of esters is 1. The Balaban J connectivity index is 1.29. The van der Waals surface area contributed by atoms with E-state index in [1.165, 1.54) is 9.80 Å². The van der Waals surface area contributed by atoms with Crippen LogP contribution in [-0.4, -0.2) is 108 Å². The molecule has 63 heavy (non-hydrogen) atoms. The van der Waals surface area contributed by atoms with Crippen LogP contribution in [0.15, 0.2) is 91.0 Å². The Kier molecular flexibility index (Phi) is 18.1. The number of carbonyl (C=O) groups is 6. The monoisotopic (exact) mass is 869 g/mol. The maximum absolute atomic E-state index is 14.4. The number of likely N-dealkylation sites (tertiary alicyclic amines) is 2. The number of nitrogens with one attached hydrogen (secondary N) is 3. The second-order valence-electron chi connectivity index (χ2n) is 17.4. The van der Waals surface area contributed by atoms with Gasteiger partial charge in [0.05, 0.1) is 26.4 Å². The van der Waals surface area contributed by atoms with E-state index < -0.39 is 71.5 Å². The third kappa shape index (κ3) is 15.2. The van der Waals surface area contributed by atoms with E-state index in [0.29, 0.717) is 32.2 Å². The van der Waals surface area contributed by atoms with E-state index in [1.807, 2.05) is 105 Å². The molecule has 0 radical (unpaired) electrons. The molecule has 2 saturated heterocycles. The van der Waals surface area contributed by atoms with Gasteiger partial charge in [-0.25, -0.2) is 9.59 Å². The molecule has 2 heterocycles. The van der Waals surface area contributed by atoms with Gasteiger partial charge >= 0.3 is 12.1 Å². The van der Waals surface area contributed by atoms with Crippen LogP contribution < -0.4 is 16.0 Å². The maximum atomic E-state index is 14.4. The highest BCUT2D eigenvalue weighted by atomic mass is 16.6. The average Bonchev–Trinajstić information content (AvgIpc) is 3.96. The van der Waals surface area contributed by atoms with Gasteiger partial charge in [0.1, 0.15) is 42.4 Å². The highest BCUT2D eigenvalue weighted by Crippen LogP contribution is 2.23. The van der Waals surface area contributed by atoms with Crippen molar-refractivity contribution in [1.82, 2.24) is 25.8 Å². The van der Waals surface area contributed by atoms with Gasteiger partial charge in [0.25, 0.3) is 0 Å². The van der Waals surface area contributed by atoms with Crippen molar-refractivity contribution in [1.29, 1.82) is 0 Å². The number of hydrogen-bond acceptors (Lipinski definition) is 10. The van der Waals surface area contributed by atoms with Crippen molar-refractivity contribution in [2.45, 2.75) is 122 Å². The summed E-state index contributed by atoms with van der Waals surface area (Å²) in [6.07, 6.45) is 1.22. The lowest BCUT2D eigenvalue weighted by Gasteiger charge is -2.32. The Morgan fingerprint density at radius 3 is 1.62 bits per heavy atom. The SMILES string of the molecule is CC(C)C[C@H](NC(=O)[C@H](COCc1ccccc1)NC(=O)OC(C)(C)C)C(=O)N1CCC[C@H]1C(=O)N[C@@H](COCc1ccccc1)C(=O)N1CCC[C@H]1C(=O)OCc1ccccc1. The molecule has 0 spiro atoms. The van der Waals surface area contributed by atoms with Crippen molar-refractivity contribution in [3.63, 3.8) is 0 Å². The fourth-order valence-corrected chi connectivity index (χ4v) is 7.58. The Hall–Kier alpha value is -5.80. The van der Waals surface area contributed by atoms with E-state index >= 15 is 0 Å². The lowest BCUT2D eigenvalue weighted by atomic mass is 10.0. The topological polar surface area (TPSA) is 182 Å². The number of carbonyl (C=O) groups excluding carboxylic acids is 6. The van der Waals surface area contributed by atoms with E-state index in [2.05, 4.69) is 16.0 Å². The summed E-state index contributed by atoms with van der Waals surface area (Å²) in [4.78, 5) is 86.1. The van der Waals surface area contributed by atoms with Crippen molar-refractivity contribution in [2.75, 3.05) is 26.3 Å². The van der Waals surface area contributed by atoms with Gasteiger partial charge in [-0.3, -0.25) is 19.2 Å². The second-order valence-corrected chi connectivity index (χ2v) is 17.4. The van der Waals surface area contributed by atoms with Gasteiger partial charge in [0, 0.05) is 13.1 Å². The predicted octanol–water partition coefficient (Wildman–Crippen LogP) is 5.05. The smallest absolute Gasteiger partial charge is 0.408 e. The lowest BCUT2D eigenvalue weighted by Crippen LogP contribution is -2.59. The van der Waals surface area contributed by atoms with Gasteiger partial charge in [0.15, 0.2) is 0 Å². The summed E-state index contributed by atoms with van der Waals surface area (Å²) in [6, 6.07) is 22.8. The first-order valence-corrected chi connectivity index (χ1v) is 21.8. The van der Waals surface area contributed by atoms with Gasteiger partial charge in [0.2, 0.25) is 23.6 Å². The zero-order valence-corrected chi connectivity index (χ0v) is 37.1. The van der Waals surface area contributed by atoms with Crippen LogP contribution in [0.2, 0.25) is 0 Å². The Labute approximate surface area is 370 Å². The highest BCUT2D eigenvalue weighted by Gasteiger charge is 2.42. The molecule has 3 N–H and O–H groups in total. The van der Waals surface area contributed by atoms with Crippen molar-refractivity contribution >= 4 is 35.7 Å². The number of amides is 5. The molecule has 0 saturated carbocycles. The van der Waals surface area contributed by atoms with Crippen LogP contribution in [0.3, 0.4) is 0 Å². The zero-order valence-electron chi connectivity index (χ0n) is 37.1. The molecule has 2 fully saturated rings. The molecule has 3 aromatic carbocycles. The summed E-state index contributed by atoms with van der Waals surface area (Å²) >= 11 is 0. The fraction of sp³-hybridized carbons (Fsp3) is 0.500. The first-order chi connectivity index (χ1) is 30.2. The lowest BCUT2D eigenvalue weighted by molar-refractivity contribution is -0.156. The largest absolute Gasteiger partial charge is 0.459 e. The van der Waals surface area contributed by atoms with Crippen LogP contribution >= 0.6 is 0 Å². The van der Waals surface area contributed by atoms with Crippen LogP contribution in [0.5, 0.6) is 0 Å². The normalized spacial score (nSPS) is 17.7. The molecule has 15 nitrogen and oxygen atoms in total. The van der Waals surface area contributed by atoms with Crippen molar-refractivity contribution in [3.8, 4) is 0 Å². The average molecular weight is 870 g/mol. The summed E-state index contributed by atoms with van der Waals surface area (Å²) in [6.45, 7) is 9.49. The first-order valence-electron chi connectivity index (χ1n) is 21.8. The summed E-state index contributed by atoms with van der Waals surface area (Å²) in [7, 11) is 0.